The Hall–Kier alpha value is -1.96. The van der Waals surface area contributed by atoms with Crippen LogP contribution in [0, 0.1) is 0 Å². The molecule has 0 aromatic heterocycles. The van der Waals surface area contributed by atoms with Gasteiger partial charge in [0.15, 0.2) is 17.5 Å². The second kappa shape index (κ2) is 7.16. The number of para-hydroxylation sites is 1. The Balaban J connectivity index is 0.00000161. The highest BCUT2D eigenvalue weighted by molar-refractivity contribution is 14.0. The highest BCUT2D eigenvalue weighted by atomic mass is 127. The molecule has 3 rings (SSSR count). The number of anilines is 1. The van der Waals surface area contributed by atoms with E-state index in [1.807, 2.05) is 48.5 Å². The van der Waals surface area contributed by atoms with Crippen LogP contribution in [0.5, 0.6) is 11.5 Å². The molecule has 3 N–H and O–H groups in total. The monoisotopic (exact) mass is 397 g/mol. The fourth-order valence-electron chi connectivity index (χ4n) is 1.92. The number of halogens is 1. The minimum absolute atomic E-state index is 0. The largest absolute Gasteiger partial charge is 0.454 e. The van der Waals surface area contributed by atoms with E-state index in [9.17, 15) is 0 Å². The van der Waals surface area contributed by atoms with Crippen molar-refractivity contribution in [1.29, 1.82) is 0 Å². The van der Waals surface area contributed by atoms with Crippen LogP contribution < -0.4 is 20.5 Å². The van der Waals surface area contributed by atoms with Crippen LogP contribution in [0.25, 0.3) is 0 Å². The van der Waals surface area contributed by atoms with Gasteiger partial charge in [0.1, 0.15) is 0 Å². The smallest absolute Gasteiger partial charge is 0.231 e. The molecular formula is C15H16IN3O2. The second-order valence-electron chi connectivity index (χ2n) is 4.38. The first-order chi connectivity index (χ1) is 9.81. The molecule has 0 fully saturated rings. The van der Waals surface area contributed by atoms with Crippen LogP contribution >= 0.6 is 24.0 Å². The zero-order valence-corrected chi connectivity index (χ0v) is 13.6. The molecule has 110 valence electrons. The van der Waals surface area contributed by atoms with Crippen molar-refractivity contribution in [2.45, 2.75) is 6.54 Å². The Labute approximate surface area is 140 Å². The summed E-state index contributed by atoms with van der Waals surface area (Å²) in [5, 5.41) is 3.04. The number of guanidine groups is 1. The van der Waals surface area contributed by atoms with Crippen molar-refractivity contribution >= 4 is 35.6 Å². The molecule has 1 aliphatic heterocycles. The Morgan fingerprint density at radius 1 is 1.10 bits per heavy atom. The lowest BCUT2D eigenvalue weighted by atomic mass is 10.2. The average Bonchev–Trinajstić information content (AvgIpc) is 2.93. The lowest BCUT2D eigenvalue weighted by Crippen LogP contribution is -2.22. The van der Waals surface area contributed by atoms with Gasteiger partial charge in [-0.1, -0.05) is 24.3 Å². The maximum atomic E-state index is 5.85. The molecule has 0 saturated carbocycles. The Kier molecular flexibility index (Phi) is 5.26. The standard InChI is InChI=1S/C15H15N3O2.HI/c16-15(18-12-4-2-1-3-5-12)17-9-11-6-7-13-14(8-11)20-10-19-13;/h1-8H,9-10H2,(H3,16,17,18);1H. The molecule has 0 saturated heterocycles. The lowest BCUT2D eigenvalue weighted by molar-refractivity contribution is 0.174. The molecule has 0 aliphatic carbocycles. The first kappa shape index (κ1) is 15.4. The van der Waals surface area contributed by atoms with Crippen molar-refractivity contribution < 1.29 is 9.47 Å². The quantitative estimate of drug-likeness (QED) is 0.475. The molecule has 6 heteroatoms. The SMILES string of the molecule is I.NC(=NCc1ccc2c(c1)OCO2)Nc1ccccc1. The normalized spacial score (nSPS) is 12.7. The molecule has 0 radical (unpaired) electrons. The number of nitrogens with two attached hydrogens (primary N) is 1. The predicted molar refractivity (Wildman–Crippen MR) is 93.4 cm³/mol. The minimum atomic E-state index is 0. The number of nitrogens with zero attached hydrogens (tertiary/aromatic N) is 1. The first-order valence-corrected chi connectivity index (χ1v) is 6.32. The molecule has 0 unspecified atom stereocenters. The van der Waals surface area contributed by atoms with Gasteiger partial charge in [-0.05, 0) is 29.8 Å². The number of ether oxygens (including phenoxy) is 2. The van der Waals surface area contributed by atoms with Gasteiger partial charge in [0.2, 0.25) is 6.79 Å². The van der Waals surface area contributed by atoms with E-state index < -0.39 is 0 Å². The summed E-state index contributed by atoms with van der Waals surface area (Å²) in [6, 6.07) is 15.4. The fourth-order valence-corrected chi connectivity index (χ4v) is 1.92. The van der Waals surface area contributed by atoms with Gasteiger partial charge in [-0.2, -0.15) is 0 Å². The summed E-state index contributed by atoms with van der Waals surface area (Å²) in [6.45, 7) is 0.766. The number of aliphatic imine (C=N–C) groups is 1. The molecule has 0 bridgehead atoms. The topological polar surface area (TPSA) is 68.9 Å². The number of rotatable bonds is 3. The Bertz CT molecular complexity index is 632. The molecule has 1 aliphatic rings. The molecule has 0 spiro atoms. The van der Waals surface area contributed by atoms with Crippen molar-refractivity contribution in [3.05, 3.63) is 54.1 Å². The number of nitrogens with one attached hydrogen (secondary N) is 1. The summed E-state index contributed by atoms with van der Waals surface area (Å²) in [5.74, 6) is 1.91. The third kappa shape index (κ3) is 4.01. The highest BCUT2D eigenvalue weighted by Crippen LogP contribution is 2.32. The predicted octanol–water partition coefficient (Wildman–Crippen LogP) is 2.96. The average molecular weight is 397 g/mol. The van der Waals surface area contributed by atoms with Crippen LogP contribution in [0.1, 0.15) is 5.56 Å². The van der Waals surface area contributed by atoms with E-state index >= 15 is 0 Å². The molecule has 5 nitrogen and oxygen atoms in total. The third-order valence-corrected chi connectivity index (χ3v) is 2.92. The summed E-state index contributed by atoms with van der Waals surface area (Å²) < 4.78 is 10.6. The van der Waals surface area contributed by atoms with Crippen LogP contribution in [0.3, 0.4) is 0 Å². The Morgan fingerprint density at radius 2 is 1.86 bits per heavy atom. The Morgan fingerprint density at radius 3 is 2.67 bits per heavy atom. The van der Waals surface area contributed by atoms with Crippen molar-refractivity contribution in [1.82, 2.24) is 0 Å². The van der Waals surface area contributed by atoms with E-state index in [1.165, 1.54) is 0 Å². The zero-order chi connectivity index (χ0) is 13.8. The fraction of sp³-hybridized carbons (Fsp3) is 0.133. The summed E-state index contributed by atoms with van der Waals surface area (Å²) in [4.78, 5) is 4.30. The molecule has 0 atom stereocenters. The third-order valence-electron chi connectivity index (χ3n) is 2.92. The van der Waals surface area contributed by atoms with E-state index in [1.54, 1.807) is 0 Å². The van der Waals surface area contributed by atoms with Crippen LogP contribution in [0.4, 0.5) is 5.69 Å². The number of hydrogen-bond donors (Lipinski definition) is 2. The minimum Gasteiger partial charge on any atom is -0.454 e. The summed E-state index contributed by atoms with van der Waals surface area (Å²) in [5.41, 5.74) is 7.79. The van der Waals surface area contributed by atoms with Crippen molar-refractivity contribution in [3.8, 4) is 11.5 Å². The summed E-state index contributed by atoms with van der Waals surface area (Å²) >= 11 is 0. The van der Waals surface area contributed by atoms with Crippen LogP contribution in [-0.2, 0) is 6.54 Å². The number of hydrogen-bond acceptors (Lipinski definition) is 3. The van der Waals surface area contributed by atoms with E-state index in [0.717, 1.165) is 22.7 Å². The molecule has 1 heterocycles. The van der Waals surface area contributed by atoms with Crippen LogP contribution in [0.15, 0.2) is 53.5 Å². The van der Waals surface area contributed by atoms with Gasteiger partial charge < -0.3 is 20.5 Å². The van der Waals surface area contributed by atoms with Gasteiger partial charge in [-0.15, -0.1) is 24.0 Å². The number of fused-ring (bicyclic) bond motifs is 1. The van der Waals surface area contributed by atoms with E-state index in [0.29, 0.717) is 12.5 Å². The molecule has 2 aromatic rings. The van der Waals surface area contributed by atoms with Crippen molar-refractivity contribution in [2.75, 3.05) is 12.1 Å². The van der Waals surface area contributed by atoms with Gasteiger partial charge in [0, 0.05) is 5.69 Å². The second-order valence-corrected chi connectivity index (χ2v) is 4.38. The van der Waals surface area contributed by atoms with Crippen LogP contribution in [0.2, 0.25) is 0 Å². The van der Waals surface area contributed by atoms with E-state index in [2.05, 4.69) is 10.3 Å². The molecule has 2 aromatic carbocycles. The highest BCUT2D eigenvalue weighted by Gasteiger charge is 2.12. The van der Waals surface area contributed by atoms with E-state index in [-0.39, 0.29) is 30.8 Å². The lowest BCUT2D eigenvalue weighted by Gasteiger charge is -2.05. The molecule has 0 amide bonds. The first-order valence-electron chi connectivity index (χ1n) is 6.32. The van der Waals surface area contributed by atoms with Gasteiger partial charge in [0.05, 0.1) is 6.54 Å². The van der Waals surface area contributed by atoms with Crippen molar-refractivity contribution in [3.63, 3.8) is 0 Å². The van der Waals surface area contributed by atoms with Crippen molar-refractivity contribution in [2.24, 2.45) is 10.7 Å². The van der Waals surface area contributed by atoms with Crippen LogP contribution in [-0.4, -0.2) is 12.8 Å². The summed E-state index contributed by atoms with van der Waals surface area (Å²) in [7, 11) is 0. The molecule has 21 heavy (non-hydrogen) atoms. The van der Waals surface area contributed by atoms with Gasteiger partial charge in [-0.3, -0.25) is 0 Å². The maximum absolute atomic E-state index is 5.85. The molecular weight excluding hydrogens is 381 g/mol. The van der Waals surface area contributed by atoms with Gasteiger partial charge in [0.25, 0.3) is 0 Å². The van der Waals surface area contributed by atoms with Gasteiger partial charge >= 0.3 is 0 Å². The van der Waals surface area contributed by atoms with E-state index in [4.69, 9.17) is 15.2 Å². The number of benzene rings is 2. The summed E-state index contributed by atoms with van der Waals surface area (Å²) in [6.07, 6.45) is 0. The van der Waals surface area contributed by atoms with Gasteiger partial charge in [-0.25, -0.2) is 4.99 Å². The zero-order valence-electron chi connectivity index (χ0n) is 11.3. The maximum Gasteiger partial charge on any atom is 0.231 e.